The second-order valence-electron chi connectivity index (χ2n) is 1.73. The fourth-order valence-corrected chi connectivity index (χ4v) is 0.359. The lowest BCUT2D eigenvalue weighted by Gasteiger charge is -1.98. The van der Waals surface area contributed by atoms with Gasteiger partial charge in [0.15, 0.2) is 5.78 Å². The average Bonchev–Trinajstić information content (AvgIpc) is 1.82. The van der Waals surface area contributed by atoms with Gasteiger partial charge in [0.1, 0.15) is 0 Å². The standard InChI is InChI=1S/C5H8O5/c6-3(5(9)10)1-2-4(7)8/h5,9-10H,1-2H2,(H,7,8). The van der Waals surface area contributed by atoms with E-state index >= 15 is 0 Å². The molecule has 58 valence electrons. The molecular formula is C5H8O5. The Morgan fingerprint density at radius 2 is 1.70 bits per heavy atom. The van der Waals surface area contributed by atoms with E-state index in [2.05, 4.69) is 0 Å². The maximum atomic E-state index is 10.3. The third-order valence-corrected chi connectivity index (χ3v) is 0.873. The van der Waals surface area contributed by atoms with Crippen molar-refractivity contribution in [2.75, 3.05) is 0 Å². The molecule has 3 N–H and O–H groups in total. The highest BCUT2D eigenvalue weighted by molar-refractivity contribution is 5.84. The zero-order chi connectivity index (χ0) is 8.15. The molecule has 0 aliphatic heterocycles. The highest BCUT2D eigenvalue weighted by Gasteiger charge is 2.11. The number of hydrogen-bond donors (Lipinski definition) is 3. The van der Waals surface area contributed by atoms with Crippen LogP contribution in [0, 0.1) is 0 Å². The molecule has 0 aliphatic rings. The molecule has 0 fully saturated rings. The predicted molar refractivity (Wildman–Crippen MR) is 30.1 cm³/mol. The summed E-state index contributed by atoms with van der Waals surface area (Å²) in [6, 6.07) is 0. The van der Waals surface area contributed by atoms with Gasteiger partial charge in [0.2, 0.25) is 6.29 Å². The molecule has 0 heterocycles. The summed E-state index contributed by atoms with van der Waals surface area (Å²) < 4.78 is 0. The Hall–Kier alpha value is -0.940. The Morgan fingerprint density at radius 3 is 2.00 bits per heavy atom. The third-order valence-electron chi connectivity index (χ3n) is 0.873. The number of carboxylic acid groups (broad SMARTS) is 1. The van der Waals surface area contributed by atoms with Crippen molar-refractivity contribution in [2.24, 2.45) is 0 Å². The molecule has 0 unspecified atom stereocenters. The van der Waals surface area contributed by atoms with Crippen LogP contribution in [-0.2, 0) is 9.59 Å². The van der Waals surface area contributed by atoms with Gasteiger partial charge >= 0.3 is 5.97 Å². The molecule has 5 nitrogen and oxygen atoms in total. The average molecular weight is 148 g/mol. The molecule has 0 bridgehead atoms. The smallest absolute Gasteiger partial charge is 0.303 e. The fourth-order valence-electron chi connectivity index (χ4n) is 0.359. The molecular weight excluding hydrogens is 140 g/mol. The lowest BCUT2D eigenvalue weighted by atomic mass is 10.2. The van der Waals surface area contributed by atoms with Crippen LogP contribution in [0.15, 0.2) is 0 Å². The van der Waals surface area contributed by atoms with Gasteiger partial charge in [-0.25, -0.2) is 0 Å². The highest BCUT2D eigenvalue weighted by Crippen LogP contribution is 1.93. The summed E-state index contributed by atoms with van der Waals surface area (Å²) in [5, 5.41) is 24.3. The number of aliphatic carboxylic acids is 1. The van der Waals surface area contributed by atoms with E-state index in [1.54, 1.807) is 0 Å². The van der Waals surface area contributed by atoms with Gasteiger partial charge in [-0.15, -0.1) is 0 Å². The van der Waals surface area contributed by atoms with Crippen molar-refractivity contribution in [1.29, 1.82) is 0 Å². The van der Waals surface area contributed by atoms with E-state index in [1.165, 1.54) is 0 Å². The van der Waals surface area contributed by atoms with Crippen LogP contribution in [0.1, 0.15) is 12.8 Å². The summed E-state index contributed by atoms with van der Waals surface area (Å²) in [7, 11) is 0. The molecule has 0 amide bonds. The van der Waals surface area contributed by atoms with E-state index in [1.807, 2.05) is 0 Å². The molecule has 0 saturated heterocycles. The molecule has 5 heteroatoms. The van der Waals surface area contributed by atoms with Crippen LogP contribution in [-0.4, -0.2) is 33.4 Å². The molecule has 0 aromatic heterocycles. The Bertz CT molecular complexity index is 139. The second kappa shape index (κ2) is 3.97. The quantitative estimate of drug-likeness (QED) is 0.432. The van der Waals surface area contributed by atoms with Crippen LogP contribution in [0.5, 0.6) is 0 Å². The van der Waals surface area contributed by atoms with Crippen molar-refractivity contribution in [2.45, 2.75) is 19.1 Å². The Labute approximate surface area is 56.9 Å². The number of Topliss-reactive ketones (excluding diaryl/α,β-unsaturated/α-hetero) is 1. The Morgan fingerprint density at radius 1 is 1.20 bits per heavy atom. The van der Waals surface area contributed by atoms with Crippen LogP contribution in [0.4, 0.5) is 0 Å². The molecule has 0 aromatic carbocycles. The maximum Gasteiger partial charge on any atom is 0.303 e. The lowest BCUT2D eigenvalue weighted by Crippen LogP contribution is -2.19. The second-order valence-corrected chi connectivity index (χ2v) is 1.73. The number of hydrogen-bond acceptors (Lipinski definition) is 4. The molecule has 10 heavy (non-hydrogen) atoms. The number of aliphatic hydroxyl groups excluding tert-OH is 1. The Balaban J connectivity index is 3.50. The van der Waals surface area contributed by atoms with E-state index in [4.69, 9.17) is 15.3 Å². The summed E-state index contributed by atoms with van der Waals surface area (Å²) >= 11 is 0. The number of aliphatic hydroxyl groups is 2. The SMILES string of the molecule is O=C(O)CCC(=O)C(O)O. The first-order valence-corrected chi connectivity index (χ1v) is 2.64. The summed E-state index contributed by atoms with van der Waals surface area (Å²) in [4.78, 5) is 20.1. The van der Waals surface area contributed by atoms with Crippen LogP contribution < -0.4 is 0 Å². The molecule has 0 aliphatic carbocycles. The van der Waals surface area contributed by atoms with Crippen LogP contribution in [0.25, 0.3) is 0 Å². The number of carboxylic acids is 1. The zero-order valence-corrected chi connectivity index (χ0v) is 5.15. The van der Waals surface area contributed by atoms with Gasteiger partial charge in [-0.3, -0.25) is 9.59 Å². The monoisotopic (exact) mass is 148 g/mol. The molecule has 0 atom stereocenters. The number of carbonyl (C=O) groups is 2. The van der Waals surface area contributed by atoms with Crippen molar-refractivity contribution < 1.29 is 24.9 Å². The Kier molecular flexibility index (Phi) is 3.60. The van der Waals surface area contributed by atoms with Crippen molar-refractivity contribution in [3.05, 3.63) is 0 Å². The van der Waals surface area contributed by atoms with E-state index < -0.39 is 18.0 Å². The lowest BCUT2D eigenvalue weighted by molar-refractivity contribution is -0.148. The normalized spacial score (nSPS) is 9.90. The molecule has 0 radical (unpaired) electrons. The largest absolute Gasteiger partial charge is 0.481 e. The first-order chi connectivity index (χ1) is 4.54. The molecule has 0 saturated carbocycles. The molecule has 0 aromatic rings. The fraction of sp³-hybridized carbons (Fsp3) is 0.600. The summed E-state index contributed by atoms with van der Waals surface area (Å²) in [6.45, 7) is 0. The summed E-state index contributed by atoms with van der Waals surface area (Å²) in [6.07, 6.45) is -2.75. The number of carbonyl (C=O) groups excluding carboxylic acids is 1. The summed E-state index contributed by atoms with van der Waals surface area (Å²) in [5.74, 6) is -2.00. The van der Waals surface area contributed by atoms with E-state index in [0.717, 1.165) is 0 Å². The van der Waals surface area contributed by atoms with Gasteiger partial charge in [0.25, 0.3) is 0 Å². The first-order valence-electron chi connectivity index (χ1n) is 2.64. The van der Waals surface area contributed by atoms with E-state index in [-0.39, 0.29) is 12.8 Å². The van der Waals surface area contributed by atoms with Gasteiger partial charge in [-0.1, -0.05) is 0 Å². The minimum Gasteiger partial charge on any atom is -0.481 e. The van der Waals surface area contributed by atoms with Crippen molar-refractivity contribution in [1.82, 2.24) is 0 Å². The zero-order valence-electron chi connectivity index (χ0n) is 5.15. The molecule has 0 rings (SSSR count). The maximum absolute atomic E-state index is 10.3. The number of rotatable bonds is 4. The van der Waals surface area contributed by atoms with E-state index in [0.29, 0.717) is 0 Å². The van der Waals surface area contributed by atoms with Crippen molar-refractivity contribution >= 4 is 11.8 Å². The minimum atomic E-state index is -2.04. The predicted octanol–water partition coefficient (Wildman–Crippen LogP) is -1.27. The first kappa shape index (κ1) is 9.06. The highest BCUT2D eigenvalue weighted by atomic mass is 16.5. The van der Waals surface area contributed by atoms with Gasteiger partial charge in [0, 0.05) is 6.42 Å². The van der Waals surface area contributed by atoms with Crippen molar-refractivity contribution in [3.63, 3.8) is 0 Å². The van der Waals surface area contributed by atoms with E-state index in [9.17, 15) is 9.59 Å². The van der Waals surface area contributed by atoms with Crippen LogP contribution in [0.3, 0.4) is 0 Å². The van der Waals surface area contributed by atoms with Gasteiger partial charge < -0.3 is 15.3 Å². The van der Waals surface area contributed by atoms with Crippen LogP contribution in [0.2, 0.25) is 0 Å². The molecule has 0 spiro atoms. The van der Waals surface area contributed by atoms with Gasteiger partial charge in [-0.2, -0.15) is 0 Å². The number of ketones is 1. The topological polar surface area (TPSA) is 94.8 Å². The van der Waals surface area contributed by atoms with Crippen LogP contribution >= 0.6 is 0 Å². The summed E-state index contributed by atoms with van der Waals surface area (Å²) in [5.41, 5.74) is 0. The van der Waals surface area contributed by atoms with Gasteiger partial charge in [-0.05, 0) is 0 Å². The minimum absolute atomic E-state index is 0.340. The van der Waals surface area contributed by atoms with Gasteiger partial charge in [0.05, 0.1) is 6.42 Å². The van der Waals surface area contributed by atoms with Crippen molar-refractivity contribution in [3.8, 4) is 0 Å². The third kappa shape index (κ3) is 3.99.